The Balaban J connectivity index is 2.32. The van der Waals surface area contributed by atoms with Gasteiger partial charge in [0.25, 0.3) is 0 Å². The van der Waals surface area contributed by atoms with Gasteiger partial charge >= 0.3 is 0 Å². The number of carbonyl (C=O) groups is 1. The van der Waals surface area contributed by atoms with E-state index < -0.39 is 0 Å². The van der Waals surface area contributed by atoms with Gasteiger partial charge in [-0.1, -0.05) is 33.1 Å². The summed E-state index contributed by atoms with van der Waals surface area (Å²) in [4.78, 5) is 14.6. The summed E-state index contributed by atoms with van der Waals surface area (Å²) >= 11 is 0. The molecule has 2 rings (SSSR count). The first-order valence-corrected chi connectivity index (χ1v) is 11.1. The number of allylic oxidation sites excluding steroid dienone is 3. The van der Waals surface area contributed by atoms with Crippen molar-refractivity contribution in [2.75, 3.05) is 25.5 Å². The molecule has 1 heterocycles. The van der Waals surface area contributed by atoms with E-state index in [1.54, 1.807) is 6.08 Å². The van der Waals surface area contributed by atoms with Crippen molar-refractivity contribution in [2.24, 2.45) is 0 Å². The van der Waals surface area contributed by atoms with Crippen LogP contribution in [0.3, 0.4) is 0 Å². The molecule has 0 aliphatic carbocycles. The molecule has 1 saturated heterocycles. The summed E-state index contributed by atoms with van der Waals surface area (Å²) in [5.74, 6) is 1.19. The molecule has 4 nitrogen and oxygen atoms in total. The van der Waals surface area contributed by atoms with Gasteiger partial charge in [-0.05, 0) is 68.9 Å². The Morgan fingerprint density at radius 1 is 1.30 bits per heavy atom. The molecule has 0 aromatic heterocycles. The van der Waals surface area contributed by atoms with Gasteiger partial charge < -0.3 is 15.0 Å². The van der Waals surface area contributed by atoms with Crippen LogP contribution in [0.25, 0.3) is 6.08 Å². The van der Waals surface area contributed by atoms with Crippen LogP contribution in [0.5, 0.6) is 5.75 Å². The number of nitrogens with zero attached hydrogens (tertiary/aromatic N) is 1. The Morgan fingerprint density at radius 2 is 1.97 bits per heavy atom. The number of nitrogens with one attached hydrogen (secondary N) is 1. The molecule has 1 atom stereocenters. The molecule has 1 aromatic carbocycles. The van der Waals surface area contributed by atoms with Gasteiger partial charge in [-0.3, -0.25) is 4.79 Å². The van der Waals surface area contributed by atoms with E-state index in [-0.39, 0.29) is 11.9 Å². The molecule has 4 heteroatoms. The number of hydrogen-bond donors (Lipinski definition) is 1. The van der Waals surface area contributed by atoms with Crippen molar-refractivity contribution >= 4 is 17.5 Å². The fraction of sp³-hybridized carbons (Fsp3) is 0.500. The Labute approximate surface area is 182 Å². The van der Waals surface area contributed by atoms with Gasteiger partial charge in [-0.15, -0.1) is 0 Å². The Bertz CT molecular complexity index is 786. The molecule has 0 spiro atoms. The Morgan fingerprint density at radius 3 is 2.50 bits per heavy atom. The van der Waals surface area contributed by atoms with E-state index >= 15 is 0 Å². The lowest BCUT2D eigenvalue weighted by atomic mass is 9.94. The smallest absolute Gasteiger partial charge is 0.185 e. The van der Waals surface area contributed by atoms with E-state index in [9.17, 15) is 4.79 Å². The third-order valence-electron chi connectivity index (χ3n) is 6.07. The van der Waals surface area contributed by atoms with E-state index in [4.69, 9.17) is 4.74 Å². The third-order valence-corrected chi connectivity index (χ3v) is 6.07. The molecule has 0 bridgehead atoms. The molecule has 1 aliphatic rings. The molecular weight excluding hydrogens is 372 g/mol. The fourth-order valence-electron chi connectivity index (χ4n) is 3.74. The second kappa shape index (κ2) is 11.2. The van der Waals surface area contributed by atoms with Crippen LogP contribution >= 0.6 is 0 Å². The summed E-state index contributed by atoms with van der Waals surface area (Å²) < 4.78 is 6.55. The van der Waals surface area contributed by atoms with Crippen molar-refractivity contribution in [1.29, 1.82) is 0 Å². The molecule has 1 aliphatic heterocycles. The maximum atomic E-state index is 12.1. The van der Waals surface area contributed by atoms with Gasteiger partial charge in [-0.2, -0.15) is 0 Å². The van der Waals surface area contributed by atoms with Crippen LogP contribution < -0.4 is 10.1 Å². The van der Waals surface area contributed by atoms with E-state index in [2.05, 4.69) is 63.2 Å². The first kappa shape index (κ1) is 23.9. The normalized spacial score (nSPS) is 16.6. The quantitative estimate of drug-likeness (QED) is 0.390. The van der Waals surface area contributed by atoms with E-state index in [1.807, 2.05) is 13.1 Å². The van der Waals surface area contributed by atoms with Crippen molar-refractivity contribution in [3.8, 4) is 5.75 Å². The lowest BCUT2D eigenvalue weighted by Crippen LogP contribution is -2.41. The molecule has 0 radical (unpaired) electrons. The lowest BCUT2D eigenvalue weighted by Gasteiger charge is -2.35. The highest BCUT2D eigenvalue weighted by atomic mass is 16.5. The molecule has 30 heavy (non-hydrogen) atoms. The predicted molar refractivity (Wildman–Crippen MR) is 128 cm³/mol. The second-order valence-corrected chi connectivity index (χ2v) is 8.41. The topological polar surface area (TPSA) is 41.6 Å². The molecule has 1 unspecified atom stereocenters. The maximum Gasteiger partial charge on any atom is 0.185 e. The molecule has 1 N–H and O–H groups in total. The number of hydrogen-bond acceptors (Lipinski definition) is 4. The zero-order chi connectivity index (χ0) is 22.3. The summed E-state index contributed by atoms with van der Waals surface area (Å²) in [6, 6.07) is 4.82. The number of rotatable bonds is 10. The highest BCUT2D eigenvalue weighted by Crippen LogP contribution is 2.36. The van der Waals surface area contributed by atoms with Gasteiger partial charge in [0, 0.05) is 43.0 Å². The fourth-order valence-corrected chi connectivity index (χ4v) is 3.74. The first-order chi connectivity index (χ1) is 14.3. The number of anilines is 1. The van der Waals surface area contributed by atoms with E-state index in [0.717, 1.165) is 49.4 Å². The number of ketones is 1. The van der Waals surface area contributed by atoms with Gasteiger partial charge in [0.05, 0.1) is 0 Å². The zero-order valence-corrected chi connectivity index (χ0v) is 19.3. The van der Waals surface area contributed by atoms with Crippen LogP contribution in [0.2, 0.25) is 0 Å². The van der Waals surface area contributed by atoms with Gasteiger partial charge in [0.2, 0.25) is 0 Å². The van der Waals surface area contributed by atoms with E-state index in [0.29, 0.717) is 17.5 Å². The summed E-state index contributed by atoms with van der Waals surface area (Å²) in [6.07, 6.45) is 8.20. The lowest BCUT2D eigenvalue weighted by molar-refractivity contribution is -0.110. The van der Waals surface area contributed by atoms with Crippen LogP contribution in [0.1, 0.15) is 64.0 Å². The maximum absolute atomic E-state index is 12.1. The summed E-state index contributed by atoms with van der Waals surface area (Å²) in [7, 11) is 1.90. The summed E-state index contributed by atoms with van der Waals surface area (Å²) in [5.41, 5.74) is 3.53. The number of piperidine rings is 1. The van der Waals surface area contributed by atoms with Gasteiger partial charge in [0.1, 0.15) is 11.9 Å². The number of benzene rings is 1. The SMILES string of the molecule is C=CC(=C)C(=O)/C=C/c1cc(OC2CCN(C(C)C)CC2)c(C(C)CC)cc1NC. The minimum absolute atomic E-state index is 0.137. The van der Waals surface area contributed by atoms with Crippen molar-refractivity contribution in [2.45, 2.75) is 65.0 Å². The largest absolute Gasteiger partial charge is 0.490 e. The molecule has 1 fully saturated rings. The summed E-state index contributed by atoms with van der Waals surface area (Å²) in [5, 5.41) is 3.26. The molecule has 0 amide bonds. The molecular formula is C26H38N2O2. The third kappa shape index (κ3) is 6.09. The molecule has 0 saturated carbocycles. The van der Waals surface area contributed by atoms with Crippen LogP contribution in [0, 0.1) is 0 Å². The van der Waals surface area contributed by atoms with Gasteiger partial charge in [0.15, 0.2) is 5.78 Å². The predicted octanol–water partition coefficient (Wildman–Crippen LogP) is 5.82. The van der Waals surface area contributed by atoms with Crippen molar-refractivity contribution in [3.05, 3.63) is 54.1 Å². The number of carbonyl (C=O) groups excluding carboxylic acids is 1. The van der Waals surface area contributed by atoms with Gasteiger partial charge in [-0.25, -0.2) is 0 Å². The first-order valence-electron chi connectivity index (χ1n) is 11.1. The monoisotopic (exact) mass is 410 g/mol. The number of ether oxygens (including phenoxy) is 1. The summed E-state index contributed by atoms with van der Waals surface area (Å²) in [6.45, 7) is 18.4. The minimum Gasteiger partial charge on any atom is -0.490 e. The second-order valence-electron chi connectivity index (χ2n) is 8.41. The van der Waals surface area contributed by atoms with Crippen LogP contribution in [0.4, 0.5) is 5.69 Å². The average molecular weight is 411 g/mol. The minimum atomic E-state index is -0.137. The number of likely N-dealkylation sites (tertiary alicyclic amines) is 1. The zero-order valence-electron chi connectivity index (χ0n) is 19.3. The highest BCUT2D eigenvalue weighted by molar-refractivity contribution is 6.08. The molecule has 164 valence electrons. The van der Waals surface area contributed by atoms with Crippen molar-refractivity contribution in [3.63, 3.8) is 0 Å². The van der Waals surface area contributed by atoms with Crippen LogP contribution in [-0.2, 0) is 4.79 Å². The van der Waals surface area contributed by atoms with Crippen molar-refractivity contribution in [1.82, 2.24) is 4.90 Å². The standard InChI is InChI=1S/C26H38N2O2/c1-8-19(5)23-17-24(27-7)21(10-11-25(29)20(6)9-2)16-26(23)30-22-12-14-28(15-13-22)18(3)4/h9-11,16-19,22,27H,2,6,8,12-15H2,1,3-5,7H3/b11-10+. The van der Waals surface area contributed by atoms with Crippen LogP contribution in [-0.4, -0.2) is 43.0 Å². The average Bonchev–Trinajstić information content (AvgIpc) is 2.76. The van der Waals surface area contributed by atoms with Crippen LogP contribution in [0.15, 0.2) is 43.0 Å². The Kier molecular flexibility index (Phi) is 8.91. The van der Waals surface area contributed by atoms with Crippen molar-refractivity contribution < 1.29 is 9.53 Å². The highest BCUT2D eigenvalue weighted by Gasteiger charge is 2.24. The Hall–Kier alpha value is -2.33. The molecule has 1 aromatic rings. The van der Waals surface area contributed by atoms with E-state index in [1.165, 1.54) is 11.6 Å².